The number of hydrogen-bond acceptors (Lipinski definition) is 2. The van der Waals surface area contributed by atoms with Crippen molar-refractivity contribution >= 4 is 5.97 Å². The van der Waals surface area contributed by atoms with Crippen molar-refractivity contribution in [3.8, 4) is 0 Å². The fraction of sp³-hybridized carbons (Fsp3) is 0.444. The Bertz CT molecular complexity index is 218. The molecule has 2 N–H and O–H groups in total. The summed E-state index contributed by atoms with van der Waals surface area (Å²) in [7, 11) is 0. The summed E-state index contributed by atoms with van der Waals surface area (Å²) >= 11 is 0. The Hall–Kier alpha value is -1.09. The average molecular weight is 168 g/mol. The third-order valence-corrected chi connectivity index (χ3v) is 2.04. The number of carboxylic acids is 1. The van der Waals surface area contributed by atoms with Crippen LogP contribution < -0.4 is 0 Å². The molecule has 0 spiro atoms. The highest BCUT2D eigenvalue weighted by Gasteiger charge is 2.24. The number of hydrogen-bond donors (Lipinski definition) is 2. The lowest BCUT2D eigenvalue weighted by Crippen LogP contribution is -2.26. The van der Waals surface area contributed by atoms with Crippen molar-refractivity contribution < 1.29 is 15.0 Å². The quantitative estimate of drug-likeness (QED) is 0.655. The van der Waals surface area contributed by atoms with Crippen LogP contribution >= 0.6 is 0 Å². The predicted octanol–water partition coefficient (Wildman–Crippen LogP) is 0.812. The molecule has 2 atom stereocenters. The topological polar surface area (TPSA) is 57.5 Å². The summed E-state index contributed by atoms with van der Waals surface area (Å²) < 4.78 is 0. The van der Waals surface area contributed by atoms with E-state index in [0.29, 0.717) is 6.42 Å². The van der Waals surface area contributed by atoms with E-state index in [1.807, 2.05) is 24.3 Å². The number of carbonyl (C=O) groups is 1. The van der Waals surface area contributed by atoms with E-state index in [2.05, 4.69) is 0 Å². The van der Waals surface area contributed by atoms with Gasteiger partial charge in [0.05, 0.1) is 12.5 Å². The lowest BCUT2D eigenvalue weighted by molar-refractivity contribution is -0.144. The fourth-order valence-corrected chi connectivity index (χ4v) is 1.29. The number of aliphatic carboxylic acids is 1. The summed E-state index contributed by atoms with van der Waals surface area (Å²) in [5.41, 5.74) is 0. The van der Waals surface area contributed by atoms with Crippen molar-refractivity contribution in [3.63, 3.8) is 0 Å². The summed E-state index contributed by atoms with van der Waals surface area (Å²) in [5, 5.41) is 17.5. The Balaban J connectivity index is 2.60. The Morgan fingerprint density at radius 2 is 2.33 bits per heavy atom. The molecule has 1 aliphatic rings. The van der Waals surface area contributed by atoms with Gasteiger partial charge in [0.25, 0.3) is 0 Å². The second-order valence-corrected chi connectivity index (χ2v) is 2.84. The largest absolute Gasteiger partial charge is 0.481 e. The number of rotatable bonds is 3. The zero-order chi connectivity index (χ0) is 8.97. The third-order valence-electron chi connectivity index (χ3n) is 2.04. The van der Waals surface area contributed by atoms with Gasteiger partial charge in [-0.25, -0.2) is 0 Å². The van der Waals surface area contributed by atoms with E-state index >= 15 is 0 Å². The molecule has 3 heteroatoms. The van der Waals surface area contributed by atoms with E-state index in [1.165, 1.54) is 0 Å². The molecule has 0 saturated carbocycles. The predicted molar refractivity (Wildman–Crippen MR) is 44.6 cm³/mol. The normalized spacial score (nSPS) is 23.9. The van der Waals surface area contributed by atoms with E-state index in [-0.39, 0.29) is 12.5 Å². The van der Waals surface area contributed by atoms with Crippen LogP contribution in [0.5, 0.6) is 0 Å². The first-order valence-electron chi connectivity index (χ1n) is 3.92. The molecule has 0 bridgehead atoms. The van der Waals surface area contributed by atoms with Gasteiger partial charge in [-0.2, -0.15) is 0 Å². The summed E-state index contributed by atoms with van der Waals surface area (Å²) in [6.45, 7) is -0.293. The highest BCUT2D eigenvalue weighted by Crippen LogP contribution is 2.21. The van der Waals surface area contributed by atoms with Gasteiger partial charge in [-0.3, -0.25) is 4.79 Å². The van der Waals surface area contributed by atoms with E-state index in [9.17, 15) is 4.79 Å². The van der Waals surface area contributed by atoms with Crippen LogP contribution in [0.2, 0.25) is 0 Å². The highest BCUT2D eigenvalue weighted by atomic mass is 16.4. The fourth-order valence-electron chi connectivity index (χ4n) is 1.29. The van der Waals surface area contributed by atoms with E-state index < -0.39 is 11.9 Å². The van der Waals surface area contributed by atoms with E-state index in [0.717, 1.165) is 0 Å². The van der Waals surface area contributed by atoms with Crippen molar-refractivity contribution in [2.75, 3.05) is 6.61 Å². The van der Waals surface area contributed by atoms with Crippen LogP contribution in [0.25, 0.3) is 0 Å². The smallest absolute Gasteiger partial charge is 0.309 e. The van der Waals surface area contributed by atoms with E-state index in [1.54, 1.807) is 0 Å². The first kappa shape index (κ1) is 9.00. The standard InChI is InChI=1S/C9H12O3/c10-6-8(9(11)12)7-4-2-1-3-5-7/h1-4,7-8,10H,5-6H2,(H,11,12). The van der Waals surface area contributed by atoms with Crippen molar-refractivity contribution in [1.29, 1.82) is 0 Å². The van der Waals surface area contributed by atoms with Crippen molar-refractivity contribution in [2.24, 2.45) is 11.8 Å². The number of aliphatic hydroxyl groups is 1. The molecule has 1 aliphatic carbocycles. The molecule has 0 aromatic rings. The van der Waals surface area contributed by atoms with Gasteiger partial charge in [-0.15, -0.1) is 0 Å². The minimum atomic E-state index is -0.928. The summed E-state index contributed by atoms with van der Waals surface area (Å²) in [6, 6.07) is 0. The molecular formula is C9H12O3. The van der Waals surface area contributed by atoms with Crippen LogP contribution in [0.3, 0.4) is 0 Å². The maximum atomic E-state index is 10.6. The lowest BCUT2D eigenvalue weighted by Gasteiger charge is -2.18. The van der Waals surface area contributed by atoms with Crippen molar-refractivity contribution in [3.05, 3.63) is 24.3 Å². The molecule has 0 fully saturated rings. The van der Waals surface area contributed by atoms with Crippen LogP contribution in [-0.2, 0) is 4.79 Å². The number of allylic oxidation sites excluding steroid dienone is 4. The van der Waals surface area contributed by atoms with Crippen LogP contribution in [0.15, 0.2) is 24.3 Å². The van der Waals surface area contributed by atoms with Gasteiger partial charge < -0.3 is 10.2 Å². The SMILES string of the molecule is O=C(O)C(CO)C1C=CC=CC1. The molecule has 12 heavy (non-hydrogen) atoms. The Morgan fingerprint density at radius 3 is 2.75 bits per heavy atom. The molecule has 0 radical (unpaired) electrons. The molecule has 0 aromatic heterocycles. The van der Waals surface area contributed by atoms with Crippen molar-refractivity contribution in [1.82, 2.24) is 0 Å². The Morgan fingerprint density at radius 1 is 1.58 bits per heavy atom. The molecule has 0 heterocycles. The molecule has 0 aromatic carbocycles. The molecular weight excluding hydrogens is 156 g/mol. The first-order valence-corrected chi connectivity index (χ1v) is 3.92. The number of aliphatic hydroxyl groups excluding tert-OH is 1. The molecule has 3 nitrogen and oxygen atoms in total. The van der Waals surface area contributed by atoms with Gasteiger partial charge in [0.15, 0.2) is 0 Å². The summed E-state index contributed by atoms with van der Waals surface area (Å²) in [5.74, 6) is -1.65. The minimum Gasteiger partial charge on any atom is -0.481 e. The molecule has 66 valence electrons. The monoisotopic (exact) mass is 168 g/mol. The van der Waals surface area contributed by atoms with Crippen LogP contribution in [0.4, 0.5) is 0 Å². The Kier molecular flexibility index (Phi) is 3.05. The second kappa shape index (κ2) is 4.07. The van der Waals surface area contributed by atoms with Gasteiger partial charge >= 0.3 is 5.97 Å². The Labute approximate surface area is 71.0 Å². The second-order valence-electron chi connectivity index (χ2n) is 2.84. The van der Waals surface area contributed by atoms with Gasteiger partial charge in [0.2, 0.25) is 0 Å². The third kappa shape index (κ3) is 1.95. The summed E-state index contributed by atoms with van der Waals surface area (Å²) in [6.07, 6.45) is 8.14. The minimum absolute atomic E-state index is 0.0579. The maximum absolute atomic E-state index is 10.6. The van der Waals surface area contributed by atoms with Gasteiger partial charge in [-0.1, -0.05) is 24.3 Å². The molecule has 2 unspecified atom stereocenters. The highest BCUT2D eigenvalue weighted by molar-refractivity contribution is 5.71. The zero-order valence-corrected chi connectivity index (χ0v) is 6.68. The zero-order valence-electron chi connectivity index (χ0n) is 6.68. The molecule has 0 amide bonds. The van der Waals surface area contributed by atoms with E-state index in [4.69, 9.17) is 10.2 Å². The maximum Gasteiger partial charge on any atom is 0.309 e. The molecule has 0 saturated heterocycles. The van der Waals surface area contributed by atoms with Gasteiger partial charge in [0.1, 0.15) is 0 Å². The van der Waals surface area contributed by atoms with Gasteiger partial charge in [0, 0.05) is 0 Å². The van der Waals surface area contributed by atoms with Crippen LogP contribution in [-0.4, -0.2) is 22.8 Å². The first-order chi connectivity index (χ1) is 5.75. The van der Waals surface area contributed by atoms with Crippen LogP contribution in [0.1, 0.15) is 6.42 Å². The summed E-state index contributed by atoms with van der Waals surface area (Å²) in [4.78, 5) is 10.6. The lowest BCUT2D eigenvalue weighted by atomic mass is 9.87. The molecule has 1 rings (SSSR count). The van der Waals surface area contributed by atoms with Gasteiger partial charge in [-0.05, 0) is 12.3 Å². The molecule has 0 aliphatic heterocycles. The van der Waals surface area contributed by atoms with Crippen molar-refractivity contribution in [2.45, 2.75) is 6.42 Å². The average Bonchev–Trinajstić information content (AvgIpc) is 2.07. The number of carboxylic acid groups (broad SMARTS) is 1. The van der Waals surface area contributed by atoms with Crippen LogP contribution in [0, 0.1) is 11.8 Å².